The van der Waals surface area contributed by atoms with Crippen LogP contribution in [-0.4, -0.2) is 36.1 Å². The number of benzene rings is 1. The van der Waals surface area contributed by atoms with E-state index < -0.39 is 0 Å². The number of hydrogen-bond acceptors (Lipinski definition) is 6. The summed E-state index contributed by atoms with van der Waals surface area (Å²) in [6.07, 6.45) is 7.51. The van der Waals surface area contributed by atoms with Crippen molar-refractivity contribution in [1.29, 1.82) is 0 Å². The number of ether oxygens (including phenoxy) is 1. The van der Waals surface area contributed by atoms with Crippen molar-refractivity contribution in [3.8, 4) is 5.75 Å². The van der Waals surface area contributed by atoms with Gasteiger partial charge >= 0.3 is 0 Å². The minimum atomic E-state index is -0.0932. The molecule has 1 aliphatic carbocycles. The topological polar surface area (TPSA) is 59.7 Å². The molecule has 6 nitrogen and oxygen atoms in total. The van der Waals surface area contributed by atoms with Gasteiger partial charge in [0.25, 0.3) is 5.56 Å². The maximum absolute atomic E-state index is 13.0. The van der Waals surface area contributed by atoms with Crippen LogP contribution in [0.15, 0.2) is 34.4 Å². The number of rotatable bonds is 6. The van der Waals surface area contributed by atoms with E-state index in [-0.39, 0.29) is 5.56 Å². The Morgan fingerprint density at radius 3 is 2.83 bits per heavy atom. The van der Waals surface area contributed by atoms with Gasteiger partial charge in [0.2, 0.25) is 0 Å². The van der Waals surface area contributed by atoms with Crippen LogP contribution in [0.25, 0.3) is 10.2 Å². The Morgan fingerprint density at radius 1 is 1.28 bits per heavy atom. The van der Waals surface area contributed by atoms with Gasteiger partial charge in [-0.25, -0.2) is 4.98 Å². The Hall–Kier alpha value is -2.67. The quantitative estimate of drug-likeness (QED) is 0.575. The van der Waals surface area contributed by atoms with Crippen LogP contribution in [0.1, 0.15) is 42.7 Å². The maximum Gasteiger partial charge on any atom is 0.282 e. The van der Waals surface area contributed by atoms with E-state index in [4.69, 9.17) is 4.74 Å². The summed E-state index contributed by atoms with van der Waals surface area (Å²) >= 11 is 1.65. The van der Waals surface area contributed by atoms with Crippen LogP contribution in [0, 0.1) is 0 Å². The summed E-state index contributed by atoms with van der Waals surface area (Å²) in [5, 5.41) is 5.15. The molecule has 0 N–H and O–H groups in total. The van der Waals surface area contributed by atoms with Gasteiger partial charge in [0.05, 0.1) is 18.7 Å². The summed E-state index contributed by atoms with van der Waals surface area (Å²) in [6, 6.07) is 6.03. The summed E-state index contributed by atoms with van der Waals surface area (Å²) < 4.78 is 6.89. The van der Waals surface area contributed by atoms with Crippen LogP contribution >= 0.6 is 11.3 Å². The van der Waals surface area contributed by atoms with Crippen LogP contribution in [0.2, 0.25) is 0 Å². The monoisotopic (exact) mass is 410 g/mol. The molecule has 0 aliphatic heterocycles. The highest BCUT2D eigenvalue weighted by Gasteiger charge is 2.19. The molecular formula is C22H26N4O2S. The number of hydrogen-bond donors (Lipinski definition) is 0. The number of fused-ring (bicyclic) bond motifs is 3. The molecule has 4 rings (SSSR count). The average Bonchev–Trinajstić information content (AvgIpc) is 3.14. The standard InChI is InChI=1S/C22H26N4O2S/c1-4-25(5-2)16-11-10-15(18(12-16)28-3)13-24-26-14-23-21-20(22(26)27)17-8-6-7-9-19(17)29-21/h10-14H,4-9H2,1-3H3/b24-13-. The maximum atomic E-state index is 13.0. The van der Waals surface area contributed by atoms with Crippen molar-refractivity contribution >= 4 is 33.5 Å². The molecule has 0 fully saturated rings. The molecule has 0 bridgehead atoms. The van der Waals surface area contributed by atoms with E-state index in [1.54, 1.807) is 24.7 Å². The lowest BCUT2D eigenvalue weighted by molar-refractivity contribution is 0.414. The first-order chi connectivity index (χ1) is 14.2. The number of nitrogens with zero attached hydrogens (tertiary/aromatic N) is 4. The van der Waals surface area contributed by atoms with Gasteiger partial charge in [-0.05, 0) is 57.2 Å². The van der Waals surface area contributed by atoms with E-state index in [2.05, 4.69) is 34.9 Å². The molecule has 0 saturated heterocycles. The van der Waals surface area contributed by atoms with Crippen LogP contribution in [-0.2, 0) is 12.8 Å². The SMILES string of the molecule is CCN(CC)c1ccc(/C=N\n2cnc3sc4c(c3c2=O)CCCC4)c(OC)c1. The molecule has 2 aromatic heterocycles. The number of aryl methyl sites for hydroxylation is 2. The van der Waals surface area contributed by atoms with Crippen molar-refractivity contribution < 1.29 is 4.74 Å². The van der Waals surface area contributed by atoms with Crippen LogP contribution < -0.4 is 15.2 Å². The molecule has 2 heterocycles. The van der Waals surface area contributed by atoms with E-state index in [1.807, 2.05) is 12.1 Å². The highest BCUT2D eigenvalue weighted by molar-refractivity contribution is 7.18. The largest absolute Gasteiger partial charge is 0.496 e. The molecule has 1 aromatic carbocycles. The van der Waals surface area contributed by atoms with Crippen molar-refractivity contribution in [3.05, 3.63) is 50.9 Å². The Kier molecular flexibility index (Phi) is 5.67. The molecule has 29 heavy (non-hydrogen) atoms. The second kappa shape index (κ2) is 8.37. The van der Waals surface area contributed by atoms with Gasteiger partial charge in [-0.1, -0.05) is 0 Å². The van der Waals surface area contributed by atoms with Gasteiger partial charge in [0.1, 0.15) is 16.9 Å². The second-order valence-electron chi connectivity index (χ2n) is 7.13. The zero-order valence-corrected chi connectivity index (χ0v) is 18.0. The van der Waals surface area contributed by atoms with Crippen LogP contribution in [0.5, 0.6) is 5.75 Å². The molecule has 152 valence electrons. The Bertz CT molecular complexity index is 1110. The highest BCUT2D eigenvalue weighted by atomic mass is 32.1. The van der Waals surface area contributed by atoms with Crippen molar-refractivity contribution in [2.75, 3.05) is 25.1 Å². The first-order valence-electron chi connectivity index (χ1n) is 10.2. The van der Waals surface area contributed by atoms with Gasteiger partial charge in [0.15, 0.2) is 0 Å². The Balaban J connectivity index is 1.70. The molecule has 0 amide bonds. The van der Waals surface area contributed by atoms with Crippen molar-refractivity contribution in [1.82, 2.24) is 9.66 Å². The van der Waals surface area contributed by atoms with E-state index in [0.29, 0.717) is 0 Å². The van der Waals surface area contributed by atoms with Gasteiger partial charge < -0.3 is 9.64 Å². The predicted molar refractivity (Wildman–Crippen MR) is 120 cm³/mol. The summed E-state index contributed by atoms with van der Waals surface area (Å²) in [5.41, 5.74) is 3.01. The van der Waals surface area contributed by atoms with Gasteiger partial charge in [0, 0.05) is 35.3 Å². The lowest BCUT2D eigenvalue weighted by Crippen LogP contribution is -2.21. The zero-order valence-electron chi connectivity index (χ0n) is 17.1. The van der Waals surface area contributed by atoms with Gasteiger partial charge in [-0.15, -0.1) is 11.3 Å². The molecule has 0 radical (unpaired) electrons. The molecule has 0 atom stereocenters. The second-order valence-corrected chi connectivity index (χ2v) is 8.21. The lowest BCUT2D eigenvalue weighted by Gasteiger charge is -2.21. The molecule has 7 heteroatoms. The fraction of sp³-hybridized carbons (Fsp3) is 0.409. The first kappa shape index (κ1) is 19.6. The van der Waals surface area contributed by atoms with E-state index >= 15 is 0 Å². The molecule has 0 spiro atoms. The van der Waals surface area contributed by atoms with Gasteiger partial charge in [-0.3, -0.25) is 4.79 Å². The average molecular weight is 411 g/mol. The van der Waals surface area contributed by atoms with E-state index in [1.165, 1.54) is 27.9 Å². The molecule has 0 unspecified atom stereocenters. The number of methoxy groups -OCH3 is 1. The van der Waals surface area contributed by atoms with Crippen LogP contribution in [0.3, 0.4) is 0 Å². The third-order valence-electron chi connectivity index (χ3n) is 5.53. The number of anilines is 1. The minimum Gasteiger partial charge on any atom is -0.496 e. The zero-order chi connectivity index (χ0) is 20.4. The van der Waals surface area contributed by atoms with E-state index in [9.17, 15) is 4.79 Å². The normalized spacial score (nSPS) is 13.8. The summed E-state index contributed by atoms with van der Waals surface area (Å²) in [5.74, 6) is 0.730. The fourth-order valence-corrected chi connectivity index (χ4v) is 5.16. The molecular weight excluding hydrogens is 384 g/mol. The lowest BCUT2D eigenvalue weighted by atomic mass is 9.97. The Labute approximate surface area is 174 Å². The Morgan fingerprint density at radius 2 is 2.07 bits per heavy atom. The summed E-state index contributed by atoms with van der Waals surface area (Å²) in [7, 11) is 1.65. The molecule has 1 aliphatic rings. The minimum absolute atomic E-state index is 0.0932. The third-order valence-corrected chi connectivity index (χ3v) is 6.73. The third kappa shape index (κ3) is 3.67. The number of aromatic nitrogens is 2. The van der Waals surface area contributed by atoms with Crippen molar-refractivity contribution in [3.63, 3.8) is 0 Å². The molecule has 0 saturated carbocycles. The highest BCUT2D eigenvalue weighted by Crippen LogP contribution is 2.33. The van der Waals surface area contributed by atoms with Crippen molar-refractivity contribution in [2.45, 2.75) is 39.5 Å². The van der Waals surface area contributed by atoms with E-state index in [0.717, 1.165) is 59.6 Å². The smallest absolute Gasteiger partial charge is 0.282 e. The van der Waals surface area contributed by atoms with Gasteiger partial charge in [-0.2, -0.15) is 9.78 Å². The summed E-state index contributed by atoms with van der Waals surface area (Å²) in [4.78, 5) is 21.9. The van der Waals surface area contributed by atoms with Crippen molar-refractivity contribution in [2.24, 2.45) is 5.10 Å². The first-order valence-corrected chi connectivity index (χ1v) is 11.0. The predicted octanol–water partition coefficient (Wildman–Crippen LogP) is 4.07. The summed E-state index contributed by atoms with van der Waals surface area (Å²) in [6.45, 7) is 6.12. The molecule has 3 aromatic rings. The fourth-order valence-electron chi connectivity index (χ4n) is 3.94. The van der Waals surface area contributed by atoms with Crippen LogP contribution in [0.4, 0.5) is 5.69 Å². The number of thiophene rings is 1.